The number of carbonyl (C=O) groups is 3. The quantitative estimate of drug-likeness (QED) is 0.593. The summed E-state index contributed by atoms with van der Waals surface area (Å²) >= 11 is 3.39. The van der Waals surface area contributed by atoms with Gasteiger partial charge in [0.1, 0.15) is 0 Å². The molecular formula is C21H23BrN4O3. The van der Waals surface area contributed by atoms with E-state index in [1.54, 1.807) is 4.90 Å². The minimum atomic E-state index is -0.685. The van der Waals surface area contributed by atoms with E-state index in [-0.39, 0.29) is 18.2 Å². The van der Waals surface area contributed by atoms with E-state index >= 15 is 0 Å². The van der Waals surface area contributed by atoms with Gasteiger partial charge in [-0.1, -0.05) is 40.2 Å². The molecule has 4 N–H and O–H groups in total. The first-order valence-electron chi connectivity index (χ1n) is 9.40. The molecule has 0 radical (unpaired) electrons. The average molecular weight is 459 g/mol. The summed E-state index contributed by atoms with van der Waals surface area (Å²) in [5.41, 5.74) is 7.85. The number of amides is 4. The molecule has 29 heavy (non-hydrogen) atoms. The van der Waals surface area contributed by atoms with Crippen LogP contribution < -0.4 is 21.3 Å². The zero-order valence-corrected chi connectivity index (χ0v) is 17.4. The number of nitrogens with one attached hydrogen (secondary N) is 2. The first-order chi connectivity index (χ1) is 13.9. The van der Waals surface area contributed by atoms with Crippen LogP contribution in [-0.4, -0.2) is 24.4 Å². The zero-order chi connectivity index (χ0) is 20.8. The summed E-state index contributed by atoms with van der Waals surface area (Å²) in [5, 5.41) is 5.48. The highest BCUT2D eigenvalue weighted by Crippen LogP contribution is 2.22. The maximum absolute atomic E-state index is 12.4. The molecule has 2 aromatic carbocycles. The number of halogens is 1. The number of hydrogen-bond donors (Lipinski definition) is 3. The maximum Gasteiger partial charge on any atom is 0.312 e. The van der Waals surface area contributed by atoms with Crippen LogP contribution in [0.15, 0.2) is 53.0 Å². The third kappa shape index (κ3) is 5.80. The van der Waals surface area contributed by atoms with Crippen molar-refractivity contribution in [1.29, 1.82) is 0 Å². The molecule has 0 unspecified atom stereocenters. The fourth-order valence-corrected chi connectivity index (χ4v) is 3.74. The van der Waals surface area contributed by atoms with Gasteiger partial charge in [0, 0.05) is 29.7 Å². The predicted octanol–water partition coefficient (Wildman–Crippen LogP) is 2.99. The van der Waals surface area contributed by atoms with Gasteiger partial charge < -0.3 is 21.3 Å². The van der Waals surface area contributed by atoms with Gasteiger partial charge in [0.25, 0.3) is 0 Å². The number of nitrogens with two attached hydrogens (primary N) is 1. The van der Waals surface area contributed by atoms with Gasteiger partial charge in [-0.25, -0.2) is 4.79 Å². The van der Waals surface area contributed by atoms with Gasteiger partial charge in [-0.3, -0.25) is 9.59 Å². The molecule has 1 fully saturated rings. The topological polar surface area (TPSA) is 105 Å². The summed E-state index contributed by atoms with van der Waals surface area (Å²) in [4.78, 5) is 37.3. The Morgan fingerprint density at radius 1 is 1.17 bits per heavy atom. The lowest BCUT2D eigenvalue weighted by molar-refractivity contribution is -0.121. The van der Waals surface area contributed by atoms with Crippen molar-refractivity contribution in [2.75, 3.05) is 11.4 Å². The van der Waals surface area contributed by atoms with Crippen molar-refractivity contribution in [2.45, 2.75) is 31.8 Å². The number of hydrogen-bond acceptors (Lipinski definition) is 3. The maximum atomic E-state index is 12.4. The molecule has 0 aromatic heterocycles. The SMILES string of the molecule is NC(=O)N[C@@H](CC(=O)NCc1ccc(N2CCCC2=O)cc1)c1cccc(Br)c1. The standard InChI is InChI=1S/C21H23BrN4O3/c22-16-4-1-3-15(11-16)18(25-21(23)29)12-19(27)24-13-14-6-8-17(9-7-14)26-10-2-5-20(26)28/h1,3-4,6-9,11,18H,2,5,10,12-13H2,(H,24,27)(H3,23,25,29)/t18-/m0/s1. The molecule has 7 nitrogen and oxygen atoms in total. The molecule has 2 aromatic rings. The van der Waals surface area contributed by atoms with E-state index in [0.717, 1.165) is 34.3 Å². The molecular weight excluding hydrogens is 436 g/mol. The molecule has 3 rings (SSSR count). The van der Waals surface area contributed by atoms with Crippen molar-refractivity contribution in [3.63, 3.8) is 0 Å². The molecule has 152 valence electrons. The fourth-order valence-electron chi connectivity index (χ4n) is 3.32. The van der Waals surface area contributed by atoms with Gasteiger partial charge in [0.2, 0.25) is 11.8 Å². The summed E-state index contributed by atoms with van der Waals surface area (Å²) in [6, 6.07) is 13.7. The summed E-state index contributed by atoms with van der Waals surface area (Å²) in [6.45, 7) is 1.10. The van der Waals surface area contributed by atoms with E-state index in [2.05, 4.69) is 26.6 Å². The fraction of sp³-hybridized carbons (Fsp3) is 0.286. The van der Waals surface area contributed by atoms with Gasteiger partial charge in [-0.2, -0.15) is 0 Å². The Hall–Kier alpha value is -2.87. The third-order valence-electron chi connectivity index (χ3n) is 4.77. The van der Waals surface area contributed by atoms with Gasteiger partial charge in [-0.05, 0) is 41.8 Å². The van der Waals surface area contributed by atoms with E-state index in [0.29, 0.717) is 13.0 Å². The van der Waals surface area contributed by atoms with Crippen LogP contribution in [0, 0.1) is 0 Å². The highest BCUT2D eigenvalue weighted by atomic mass is 79.9. The summed E-state index contributed by atoms with van der Waals surface area (Å²) in [6.07, 6.45) is 1.55. The minimum Gasteiger partial charge on any atom is -0.352 e. The molecule has 4 amide bonds. The number of anilines is 1. The number of rotatable bonds is 7. The molecule has 1 aliphatic rings. The molecule has 0 bridgehead atoms. The van der Waals surface area contributed by atoms with Crippen LogP contribution in [0.25, 0.3) is 0 Å². The number of primary amides is 1. The van der Waals surface area contributed by atoms with Crippen LogP contribution >= 0.6 is 15.9 Å². The smallest absolute Gasteiger partial charge is 0.312 e. The Labute approximate surface area is 177 Å². The zero-order valence-electron chi connectivity index (χ0n) is 15.9. The first kappa shape index (κ1) is 20.9. The molecule has 1 heterocycles. The number of nitrogens with zero attached hydrogens (tertiary/aromatic N) is 1. The first-order valence-corrected chi connectivity index (χ1v) is 10.2. The van der Waals surface area contributed by atoms with Gasteiger partial charge >= 0.3 is 6.03 Å². The Morgan fingerprint density at radius 2 is 1.93 bits per heavy atom. The molecule has 1 atom stereocenters. The van der Waals surface area contributed by atoms with Crippen LogP contribution in [0.4, 0.5) is 10.5 Å². The monoisotopic (exact) mass is 458 g/mol. The van der Waals surface area contributed by atoms with Crippen molar-refractivity contribution in [2.24, 2.45) is 5.73 Å². The lowest BCUT2D eigenvalue weighted by atomic mass is 10.0. The second-order valence-electron chi connectivity index (χ2n) is 6.91. The van der Waals surface area contributed by atoms with Gasteiger partial charge in [0.05, 0.1) is 12.5 Å². The van der Waals surface area contributed by atoms with Crippen molar-refractivity contribution in [1.82, 2.24) is 10.6 Å². The highest BCUT2D eigenvalue weighted by Gasteiger charge is 2.21. The summed E-state index contributed by atoms with van der Waals surface area (Å²) in [5.74, 6) is -0.0610. The van der Waals surface area contributed by atoms with E-state index in [4.69, 9.17) is 5.73 Å². The second kappa shape index (κ2) is 9.56. The second-order valence-corrected chi connectivity index (χ2v) is 7.83. The van der Waals surface area contributed by atoms with Crippen molar-refractivity contribution >= 4 is 39.5 Å². The lowest BCUT2D eigenvalue weighted by Crippen LogP contribution is -2.36. The van der Waals surface area contributed by atoms with Crippen molar-refractivity contribution in [3.8, 4) is 0 Å². The van der Waals surface area contributed by atoms with Crippen LogP contribution in [0.3, 0.4) is 0 Å². The average Bonchev–Trinajstić information content (AvgIpc) is 3.12. The highest BCUT2D eigenvalue weighted by molar-refractivity contribution is 9.10. The third-order valence-corrected chi connectivity index (χ3v) is 5.26. The molecule has 1 aliphatic heterocycles. The Kier molecular flexibility index (Phi) is 6.87. The van der Waals surface area contributed by atoms with E-state index in [1.807, 2.05) is 48.5 Å². The Morgan fingerprint density at radius 3 is 2.55 bits per heavy atom. The van der Waals surface area contributed by atoms with Crippen LogP contribution in [0.5, 0.6) is 0 Å². The summed E-state index contributed by atoms with van der Waals surface area (Å²) in [7, 11) is 0. The van der Waals surface area contributed by atoms with E-state index in [9.17, 15) is 14.4 Å². The van der Waals surface area contributed by atoms with E-state index < -0.39 is 12.1 Å². The predicted molar refractivity (Wildman–Crippen MR) is 114 cm³/mol. The largest absolute Gasteiger partial charge is 0.352 e. The van der Waals surface area contributed by atoms with Gasteiger partial charge in [-0.15, -0.1) is 0 Å². The normalized spacial score (nSPS) is 14.5. The van der Waals surface area contributed by atoms with Gasteiger partial charge in [0.15, 0.2) is 0 Å². The Balaban J connectivity index is 1.57. The minimum absolute atomic E-state index is 0.0692. The van der Waals surface area contributed by atoms with Crippen molar-refractivity contribution < 1.29 is 14.4 Å². The molecule has 0 aliphatic carbocycles. The number of benzene rings is 2. The van der Waals surface area contributed by atoms with Crippen LogP contribution in [0.1, 0.15) is 36.4 Å². The molecule has 8 heteroatoms. The molecule has 0 saturated carbocycles. The van der Waals surface area contributed by atoms with E-state index in [1.165, 1.54) is 0 Å². The molecule has 0 spiro atoms. The van der Waals surface area contributed by atoms with Crippen LogP contribution in [-0.2, 0) is 16.1 Å². The van der Waals surface area contributed by atoms with Crippen molar-refractivity contribution in [3.05, 3.63) is 64.1 Å². The Bertz CT molecular complexity index is 901. The number of carbonyl (C=O) groups excluding carboxylic acids is 3. The number of urea groups is 1. The molecule has 1 saturated heterocycles. The lowest BCUT2D eigenvalue weighted by Gasteiger charge is -2.18. The van der Waals surface area contributed by atoms with Crippen LogP contribution in [0.2, 0.25) is 0 Å². The summed E-state index contributed by atoms with van der Waals surface area (Å²) < 4.78 is 0.850.